The van der Waals surface area contributed by atoms with Crippen molar-refractivity contribution in [3.05, 3.63) is 29.4 Å². The van der Waals surface area contributed by atoms with Crippen LogP contribution < -0.4 is 5.32 Å². The Hall–Kier alpha value is -2.11. The molecule has 96 valence electrons. The number of hydrogen-bond acceptors (Lipinski definition) is 4. The summed E-state index contributed by atoms with van der Waals surface area (Å²) in [5.41, 5.74) is 1.85. The van der Waals surface area contributed by atoms with E-state index in [1.807, 2.05) is 20.9 Å². The first-order valence-corrected chi connectivity index (χ1v) is 5.77. The van der Waals surface area contributed by atoms with E-state index in [-0.39, 0.29) is 5.91 Å². The first-order chi connectivity index (χ1) is 8.58. The highest BCUT2D eigenvalue weighted by Gasteiger charge is 2.12. The fraction of sp³-hybridized carbons (Fsp3) is 0.417. The summed E-state index contributed by atoms with van der Waals surface area (Å²) in [5, 5.41) is 6.61. The lowest BCUT2D eigenvalue weighted by atomic mass is 10.1. The number of nitrogens with one attached hydrogen (secondary N) is 1. The molecule has 18 heavy (non-hydrogen) atoms. The summed E-state index contributed by atoms with van der Waals surface area (Å²) < 4.78 is 6.81. The van der Waals surface area contributed by atoms with Crippen molar-refractivity contribution in [2.75, 3.05) is 5.32 Å². The van der Waals surface area contributed by atoms with E-state index in [1.165, 1.54) is 0 Å². The fourth-order valence-electron chi connectivity index (χ4n) is 1.77. The lowest BCUT2D eigenvalue weighted by Crippen LogP contribution is -2.15. The molecule has 0 bridgehead atoms. The van der Waals surface area contributed by atoms with Crippen LogP contribution in [-0.2, 0) is 18.3 Å². The van der Waals surface area contributed by atoms with Crippen molar-refractivity contribution in [1.82, 2.24) is 14.7 Å². The lowest BCUT2D eigenvalue weighted by Gasteiger charge is -2.04. The molecule has 0 fully saturated rings. The minimum atomic E-state index is -0.0655. The van der Waals surface area contributed by atoms with Crippen LogP contribution >= 0.6 is 0 Å². The number of hydrogen-bond donors (Lipinski definition) is 1. The smallest absolute Gasteiger partial charge is 0.227 e. The molecular weight excluding hydrogens is 232 g/mol. The molecule has 2 aromatic heterocycles. The van der Waals surface area contributed by atoms with E-state index in [1.54, 1.807) is 17.0 Å². The minimum Gasteiger partial charge on any atom is -0.361 e. The Labute approximate surface area is 105 Å². The van der Waals surface area contributed by atoms with E-state index in [9.17, 15) is 4.79 Å². The van der Waals surface area contributed by atoms with Crippen molar-refractivity contribution in [1.29, 1.82) is 0 Å². The van der Waals surface area contributed by atoms with Gasteiger partial charge in [-0.2, -0.15) is 0 Å². The van der Waals surface area contributed by atoms with Crippen LogP contribution in [0.4, 0.5) is 5.95 Å². The highest BCUT2D eigenvalue weighted by Crippen LogP contribution is 2.14. The Kier molecular flexibility index (Phi) is 3.45. The second kappa shape index (κ2) is 5.03. The number of aryl methyl sites for hydroxylation is 3. The molecule has 2 rings (SSSR count). The first kappa shape index (κ1) is 12.3. The molecule has 1 amide bonds. The fourth-order valence-corrected chi connectivity index (χ4v) is 1.77. The van der Waals surface area contributed by atoms with Crippen LogP contribution in [0.25, 0.3) is 0 Å². The van der Waals surface area contributed by atoms with Crippen molar-refractivity contribution in [2.45, 2.75) is 26.7 Å². The van der Waals surface area contributed by atoms with Gasteiger partial charge in [-0.05, 0) is 20.3 Å². The first-order valence-electron chi connectivity index (χ1n) is 5.77. The number of imidazole rings is 1. The Balaban J connectivity index is 1.91. The van der Waals surface area contributed by atoms with Crippen LogP contribution in [0.1, 0.15) is 23.4 Å². The van der Waals surface area contributed by atoms with Crippen LogP contribution in [-0.4, -0.2) is 20.6 Å². The summed E-state index contributed by atoms with van der Waals surface area (Å²) in [4.78, 5) is 15.8. The third-order valence-corrected chi connectivity index (χ3v) is 2.86. The van der Waals surface area contributed by atoms with E-state index in [2.05, 4.69) is 15.5 Å². The summed E-state index contributed by atoms with van der Waals surface area (Å²) in [6, 6.07) is 0. The predicted octanol–water partition coefficient (Wildman–Crippen LogP) is 1.60. The summed E-state index contributed by atoms with van der Waals surface area (Å²) in [6.07, 6.45) is 4.43. The van der Waals surface area contributed by atoms with E-state index < -0.39 is 0 Å². The second-order valence-corrected chi connectivity index (χ2v) is 4.21. The molecule has 0 aromatic carbocycles. The molecule has 2 aromatic rings. The zero-order chi connectivity index (χ0) is 13.1. The molecule has 0 atom stereocenters. The minimum absolute atomic E-state index is 0.0655. The van der Waals surface area contributed by atoms with Gasteiger partial charge < -0.3 is 9.09 Å². The van der Waals surface area contributed by atoms with Crippen LogP contribution in [0.2, 0.25) is 0 Å². The topological polar surface area (TPSA) is 73.0 Å². The van der Waals surface area contributed by atoms with Crippen LogP contribution in [0, 0.1) is 13.8 Å². The molecule has 6 nitrogen and oxygen atoms in total. The van der Waals surface area contributed by atoms with E-state index in [0.29, 0.717) is 18.8 Å². The van der Waals surface area contributed by atoms with E-state index in [0.717, 1.165) is 17.0 Å². The molecule has 6 heteroatoms. The third kappa shape index (κ3) is 2.58. The molecule has 0 aliphatic heterocycles. The van der Waals surface area contributed by atoms with Crippen molar-refractivity contribution >= 4 is 11.9 Å². The van der Waals surface area contributed by atoms with Gasteiger partial charge in [-0.25, -0.2) is 4.98 Å². The SMILES string of the molecule is Cc1noc(C)c1CCC(=O)Nc1nccn1C. The molecule has 0 radical (unpaired) electrons. The van der Waals surface area contributed by atoms with Gasteiger partial charge in [0.1, 0.15) is 5.76 Å². The van der Waals surface area contributed by atoms with Crippen LogP contribution in [0.3, 0.4) is 0 Å². The maximum absolute atomic E-state index is 11.8. The van der Waals surface area contributed by atoms with E-state index in [4.69, 9.17) is 4.52 Å². The normalized spacial score (nSPS) is 10.6. The number of anilines is 1. The van der Waals surface area contributed by atoms with Crippen molar-refractivity contribution < 1.29 is 9.32 Å². The van der Waals surface area contributed by atoms with Crippen molar-refractivity contribution in [2.24, 2.45) is 7.05 Å². The molecule has 0 spiro atoms. The molecule has 0 saturated heterocycles. The Morgan fingerprint density at radius 2 is 2.28 bits per heavy atom. The average Bonchev–Trinajstić information content (AvgIpc) is 2.85. The van der Waals surface area contributed by atoms with Gasteiger partial charge >= 0.3 is 0 Å². The van der Waals surface area contributed by atoms with Gasteiger partial charge in [-0.15, -0.1) is 0 Å². The van der Waals surface area contributed by atoms with Crippen LogP contribution in [0.5, 0.6) is 0 Å². The monoisotopic (exact) mass is 248 g/mol. The van der Waals surface area contributed by atoms with Gasteiger partial charge in [-0.1, -0.05) is 5.16 Å². The number of aromatic nitrogens is 3. The highest BCUT2D eigenvalue weighted by molar-refractivity contribution is 5.89. The molecule has 2 heterocycles. The largest absolute Gasteiger partial charge is 0.361 e. The number of carbonyl (C=O) groups excluding carboxylic acids is 1. The average molecular weight is 248 g/mol. The number of carbonyl (C=O) groups is 1. The molecule has 0 aliphatic carbocycles. The summed E-state index contributed by atoms with van der Waals surface area (Å²) in [7, 11) is 1.83. The molecule has 0 aliphatic rings. The number of amides is 1. The lowest BCUT2D eigenvalue weighted by molar-refractivity contribution is -0.116. The Morgan fingerprint density at radius 3 is 2.83 bits per heavy atom. The molecule has 0 unspecified atom stereocenters. The van der Waals surface area contributed by atoms with Gasteiger partial charge in [0.15, 0.2) is 0 Å². The van der Waals surface area contributed by atoms with Gasteiger partial charge in [0.05, 0.1) is 5.69 Å². The number of nitrogens with zero attached hydrogens (tertiary/aromatic N) is 3. The quantitative estimate of drug-likeness (QED) is 0.891. The predicted molar refractivity (Wildman–Crippen MR) is 66.1 cm³/mol. The summed E-state index contributed by atoms with van der Waals surface area (Å²) in [5.74, 6) is 1.26. The summed E-state index contributed by atoms with van der Waals surface area (Å²) in [6.45, 7) is 3.73. The van der Waals surface area contributed by atoms with Crippen molar-refractivity contribution in [3.63, 3.8) is 0 Å². The maximum atomic E-state index is 11.8. The van der Waals surface area contributed by atoms with Gasteiger partial charge in [0.25, 0.3) is 0 Å². The zero-order valence-corrected chi connectivity index (χ0v) is 10.7. The highest BCUT2D eigenvalue weighted by atomic mass is 16.5. The molecule has 0 saturated carbocycles. The number of rotatable bonds is 4. The molecule has 1 N–H and O–H groups in total. The second-order valence-electron chi connectivity index (χ2n) is 4.21. The molecular formula is C12H16N4O2. The maximum Gasteiger partial charge on any atom is 0.227 e. The van der Waals surface area contributed by atoms with Crippen molar-refractivity contribution in [3.8, 4) is 0 Å². The van der Waals surface area contributed by atoms with E-state index >= 15 is 0 Å². The van der Waals surface area contributed by atoms with Gasteiger partial charge in [0, 0.05) is 31.4 Å². The Morgan fingerprint density at radius 1 is 1.50 bits per heavy atom. The standard InChI is InChI=1S/C12H16N4O2/c1-8-10(9(2)18-15-8)4-5-11(17)14-12-13-6-7-16(12)3/h6-7H,4-5H2,1-3H3,(H,13,14,17). The zero-order valence-electron chi connectivity index (χ0n) is 10.7. The summed E-state index contributed by atoms with van der Waals surface area (Å²) >= 11 is 0. The Bertz CT molecular complexity index is 537. The third-order valence-electron chi connectivity index (χ3n) is 2.86. The van der Waals surface area contributed by atoms with Gasteiger partial charge in [-0.3, -0.25) is 10.1 Å². The van der Waals surface area contributed by atoms with Gasteiger partial charge in [0.2, 0.25) is 11.9 Å². The van der Waals surface area contributed by atoms with Crippen LogP contribution in [0.15, 0.2) is 16.9 Å².